The van der Waals surface area contributed by atoms with Crippen molar-refractivity contribution in [2.75, 3.05) is 12.0 Å². The Morgan fingerprint density at radius 3 is 2.12 bits per heavy atom. The van der Waals surface area contributed by atoms with Crippen LogP contribution in [0.25, 0.3) is 0 Å². The van der Waals surface area contributed by atoms with Crippen molar-refractivity contribution in [1.82, 2.24) is 0 Å². The minimum Gasteiger partial charge on any atom is -0.502 e. The molecule has 1 aliphatic rings. The molecule has 0 bridgehead atoms. The second-order valence-corrected chi connectivity index (χ2v) is 9.21. The zero-order chi connectivity index (χ0) is 23.8. The van der Waals surface area contributed by atoms with Crippen molar-refractivity contribution in [3.63, 3.8) is 0 Å². The van der Waals surface area contributed by atoms with Gasteiger partial charge in [0.1, 0.15) is 16.7 Å². The molecule has 3 N–H and O–H groups in total. The predicted molar refractivity (Wildman–Crippen MR) is 121 cm³/mol. The fraction of sp³-hybridized carbons (Fsp3) is 0.0833. The highest BCUT2D eigenvalue weighted by molar-refractivity contribution is 7.95. The molecule has 1 aliphatic heterocycles. The number of nitrogens with zero attached hydrogens (tertiary/aromatic N) is 1. The lowest BCUT2D eigenvalue weighted by molar-refractivity contribution is -0.117. The SMILES string of the molecule is COc1ccc([C@H]2C(S(=O)(=O)c3ccccc3)=C(O)C(=O)N2c2ccc(C(N)=O)cc2)cc1. The van der Waals surface area contributed by atoms with Crippen molar-refractivity contribution in [1.29, 1.82) is 0 Å². The zero-order valence-electron chi connectivity index (χ0n) is 17.5. The Hall–Kier alpha value is -4.11. The molecule has 8 nitrogen and oxygen atoms in total. The van der Waals surface area contributed by atoms with Gasteiger partial charge in [-0.3, -0.25) is 14.5 Å². The Kier molecular flexibility index (Phi) is 5.65. The highest BCUT2D eigenvalue weighted by atomic mass is 32.2. The van der Waals surface area contributed by atoms with Gasteiger partial charge in [0.15, 0.2) is 5.76 Å². The molecule has 0 saturated heterocycles. The van der Waals surface area contributed by atoms with Crippen LogP contribution in [-0.4, -0.2) is 32.4 Å². The van der Waals surface area contributed by atoms with Crippen LogP contribution in [0.3, 0.4) is 0 Å². The molecule has 3 aromatic rings. The van der Waals surface area contributed by atoms with E-state index in [1.165, 1.54) is 48.4 Å². The molecule has 2 amide bonds. The number of anilines is 1. The average Bonchev–Trinajstić information content (AvgIpc) is 3.10. The summed E-state index contributed by atoms with van der Waals surface area (Å²) in [5.74, 6) is -1.84. The summed E-state index contributed by atoms with van der Waals surface area (Å²) in [6.45, 7) is 0. The fourth-order valence-corrected chi connectivity index (χ4v) is 5.37. The number of carbonyl (C=O) groups is 2. The van der Waals surface area contributed by atoms with Crippen LogP contribution in [0.2, 0.25) is 0 Å². The second kappa shape index (κ2) is 8.44. The maximum Gasteiger partial charge on any atom is 0.295 e. The summed E-state index contributed by atoms with van der Waals surface area (Å²) in [5, 5.41) is 10.8. The number of hydrogen-bond donors (Lipinski definition) is 2. The van der Waals surface area contributed by atoms with Crippen LogP contribution < -0.4 is 15.4 Å². The van der Waals surface area contributed by atoms with Crippen molar-refractivity contribution in [2.45, 2.75) is 10.9 Å². The Morgan fingerprint density at radius 1 is 0.970 bits per heavy atom. The minimum absolute atomic E-state index is 0.0520. The van der Waals surface area contributed by atoms with Gasteiger partial charge in [-0.25, -0.2) is 8.42 Å². The van der Waals surface area contributed by atoms with Crippen LogP contribution in [0.15, 0.2) is 94.4 Å². The van der Waals surface area contributed by atoms with Crippen molar-refractivity contribution in [3.8, 4) is 5.75 Å². The lowest BCUT2D eigenvalue weighted by Gasteiger charge is -2.27. The molecule has 33 heavy (non-hydrogen) atoms. The Morgan fingerprint density at radius 2 is 1.58 bits per heavy atom. The first-order valence-corrected chi connectivity index (χ1v) is 11.3. The third-order valence-electron chi connectivity index (χ3n) is 5.37. The number of nitrogens with two attached hydrogens (primary N) is 1. The standard InChI is InChI=1S/C24H20N2O6S/c1-32-18-13-9-15(10-14-18)20-22(33(30,31)19-5-3-2-4-6-19)21(27)24(29)26(20)17-11-7-16(8-12-17)23(25)28/h2-14,20,27H,1H3,(H2,25,28)/t20-/m0/s1. The highest BCUT2D eigenvalue weighted by Crippen LogP contribution is 2.45. The predicted octanol–water partition coefficient (Wildman–Crippen LogP) is 3.13. The van der Waals surface area contributed by atoms with Gasteiger partial charge in [0.05, 0.1) is 12.0 Å². The van der Waals surface area contributed by atoms with E-state index in [2.05, 4.69) is 0 Å². The van der Waals surface area contributed by atoms with Gasteiger partial charge in [0.2, 0.25) is 15.7 Å². The van der Waals surface area contributed by atoms with Crippen LogP contribution in [0, 0.1) is 0 Å². The Bertz CT molecular complexity index is 1350. The number of aliphatic hydroxyl groups excluding tert-OH is 1. The van der Waals surface area contributed by atoms with Gasteiger partial charge < -0.3 is 15.6 Å². The normalized spacial score (nSPS) is 16.2. The summed E-state index contributed by atoms with van der Waals surface area (Å²) in [6, 6.07) is 18.8. The van der Waals surface area contributed by atoms with Gasteiger partial charge in [0.25, 0.3) is 5.91 Å². The molecule has 0 aliphatic carbocycles. The number of methoxy groups -OCH3 is 1. The molecule has 0 saturated carbocycles. The zero-order valence-corrected chi connectivity index (χ0v) is 18.3. The van der Waals surface area contributed by atoms with E-state index in [9.17, 15) is 23.1 Å². The first-order chi connectivity index (χ1) is 15.8. The molecule has 0 aromatic heterocycles. The summed E-state index contributed by atoms with van der Waals surface area (Å²) < 4.78 is 32.3. The molecular formula is C24H20N2O6S. The van der Waals surface area contributed by atoms with E-state index in [0.717, 1.165) is 0 Å². The first kappa shape index (κ1) is 22.1. The summed E-state index contributed by atoms with van der Waals surface area (Å²) in [4.78, 5) is 25.3. The summed E-state index contributed by atoms with van der Waals surface area (Å²) >= 11 is 0. The minimum atomic E-state index is -4.23. The van der Waals surface area contributed by atoms with E-state index < -0.39 is 38.4 Å². The fourth-order valence-electron chi connectivity index (χ4n) is 3.72. The van der Waals surface area contributed by atoms with Crippen molar-refractivity contribution < 1.29 is 27.9 Å². The molecular weight excluding hydrogens is 444 g/mol. The number of aliphatic hydroxyl groups is 1. The summed E-state index contributed by atoms with van der Waals surface area (Å²) in [5.41, 5.74) is 6.25. The molecule has 168 valence electrons. The van der Waals surface area contributed by atoms with E-state index in [0.29, 0.717) is 11.3 Å². The maximum absolute atomic E-state index is 13.5. The number of rotatable bonds is 6. The monoisotopic (exact) mass is 464 g/mol. The van der Waals surface area contributed by atoms with Crippen molar-refractivity contribution >= 4 is 27.3 Å². The van der Waals surface area contributed by atoms with Crippen LogP contribution in [0.4, 0.5) is 5.69 Å². The number of benzene rings is 3. The number of carbonyl (C=O) groups excluding carboxylic acids is 2. The van der Waals surface area contributed by atoms with Gasteiger partial charge in [-0.15, -0.1) is 0 Å². The molecule has 4 rings (SSSR count). The van der Waals surface area contributed by atoms with E-state index in [1.54, 1.807) is 42.5 Å². The number of sulfone groups is 1. The summed E-state index contributed by atoms with van der Waals surface area (Å²) in [6.07, 6.45) is 0. The number of primary amides is 1. The smallest absolute Gasteiger partial charge is 0.295 e. The molecule has 0 fully saturated rings. The third-order valence-corrected chi connectivity index (χ3v) is 7.25. The highest BCUT2D eigenvalue weighted by Gasteiger charge is 2.47. The number of ether oxygens (including phenoxy) is 1. The average molecular weight is 464 g/mol. The number of hydrogen-bond acceptors (Lipinski definition) is 6. The van der Waals surface area contributed by atoms with E-state index in [4.69, 9.17) is 10.5 Å². The molecule has 3 aromatic carbocycles. The molecule has 0 spiro atoms. The van der Waals surface area contributed by atoms with Crippen LogP contribution >= 0.6 is 0 Å². The largest absolute Gasteiger partial charge is 0.502 e. The van der Waals surface area contributed by atoms with Gasteiger partial charge >= 0.3 is 0 Å². The topological polar surface area (TPSA) is 127 Å². The van der Waals surface area contributed by atoms with Crippen LogP contribution in [0.1, 0.15) is 22.0 Å². The maximum atomic E-state index is 13.5. The lowest BCUT2D eigenvalue weighted by atomic mass is 10.1. The van der Waals surface area contributed by atoms with Gasteiger partial charge in [-0.1, -0.05) is 30.3 Å². The molecule has 9 heteroatoms. The number of amides is 2. The van der Waals surface area contributed by atoms with Gasteiger partial charge in [-0.2, -0.15) is 0 Å². The molecule has 1 heterocycles. The van der Waals surface area contributed by atoms with E-state index >= 15 is 0 Å². The first-order valence-electron chi connectivity index (χ1n) is 9.86. The van der Waals surface area contributed by atoms with E-state index in [-0.39, 0.29) is 16.1 Å². The van der Waals surface area contributed by atoms with E-state index in [1.807, 2.05) is 0 Å². The Balaban J connectivity index is 1.91. The van der Waals surface area contributed by atoms with Crippen LogP contribution in [-0.2, 0) is 14.6 Å². The quantitative estimate of drug-likeness (QED) is 0.577. The van der Waals surface area contributed by atoms with Crippen molar-refractivity contribution in [3.05, 3.63) is 101 Å². The van der Waals surface area contributed by atoms with Gasteiger partial charge in [-0.05, 0) is 54.1 Å². The second-order valence-electron chi connectivity index (χ2n) is 7.29. The third kappa shape index (κ3) is 3.83. The van der Waals surface area contributed by atoms with Crippen LogP contribution in [0.5, 0.6) is 5.75 Å². The van der Waals surface area contributed by atoms with Gasteiger partial charge in [0, 0.05) is 11.3 Å². The Labute approximate surface area is 190 Å². The van der Waals surface area contributed by atoms with Crippen molar-refractivity contribution in [2.24, 2.45) is 5.73 Å². The lowest BCUT2D eigenvalue weighted by Crippen LogP contribution is -2.31. The molecule has 0 unspecified atom stereocenters. The molecule has 0 radical (unpaired) electrons. The molecule has 1 atom stereocenters. The summed E-state index contributed by atoms with van der Waals surface area (Å²) in [7, 11) is -2.74.